The molecule has 0 bridgehead atoms. The number of carbonyl (C=O) groups excluding carboxylic acids is 2. The average Bonchev–Trinajstić information content (AvgIpc) is 2.69. The Kier molecular flexibility index (Phi) is 7.67. The van der Waals surface area contributed by atoms with E-state index in [4.69, 9.17) is 0 Å². The van der Waals surface area contributed by atoms with Crippen molar-refractivity contribution in [2.24, 2.45) is 11.8 Å². The summed E-state index contributed by atoms with van der Waals surface area (Å²) in [6.45, 7) is 12.6. The van der Waals surface area contributed by atoms with Crippen molar-refractivity contribution >= 4 is 11.7 Å². The molecule has 2 heterocycles. The number of piperazine rings is 2. The molecule has 6 heteroatoms. The monoisotopic (exact) mass is 378 g/mol. The smallest absolute Gasteiger partial charge is 0.225 e. The van der Waals surface area contributed by atoms with E-state index in [2.05, 4.69) is 26.6 Å². The Balaban J connectivity index is 1.30. The van der Waals surface area contributed by atoms with E-state index in [-0.39, 0.29) is 11.8 Å². The molecule has 0 radical (unpaired) electrons. The topological polar surface area (TPSA) is 47.1 Å². The zero-order valence-electron chi connectivity index (χ0n) is 17.4. The lowest BCUT2D eigenvalue weighted by atomic mass is 9.79. The summed E-state index contributed by atoms with van der Waals surface area (Å²) >= 11 is 0. The minimum absolute atomic E-state index is 0.157. The van der Waals surface area contributed by atoms with Crippen LogP contribution in [0.15, 0.2) is 0 Å². The van der Waals surface area contributed by atoms with Gasteiger partial charge in [0, 0.05) is 64.2 Å². The molecule has 0 aromatic rings. The minimum Gasteiger partial charge on any atom is -0.340 e. The summed E-state index contributed by atoms with van der Waals surface area (Å²) < 4.78 is 0. The van der Waals surface area contributed by atoms with Gasteiger partial charge in [-0.05, 0) is 59.2 Å². The van der Waals surface area contributed by atoms with Crippen LogP contribution in [0.3, 0.4) is 0 Å². The van der Waals surface area contributed by atoms with Crippen LogP contribution < -0.4 is 0 Å². The summed E-state index contributed by atoms with van der Waals surface area (Å²) in [5.41, 5.74) is 0. The lowest BCUT2D eigenvalue weighted by molar-refractivity contribution is -0.139. The number of likely N-dealkylation sites (N-methyl/N-ethyl adjacent to an activating group) is 1. The Labute approximate surface area is 164 Å². The predicted molar refractivity (Wildman–Crippen MR) is 108 cm³/mol. The van der Waals surface area contributed by atoms with Gasteiger partial charge in [0.25, 0.3) is 0 Å². The van der Waals surface area contributed by atoms with Crippen LogP contribution in [0.2, 0.25) is 0 Å². The molecule has 1 amide bonds. The molecule has 6 nitrogen and oxygen atoms in total. The van der Waals surface area contributed by atoms with Crippen molar-refractivity contribution in [3.8, 4) is 0 Å². The Morgan fingerprint density at radius 3 is 1.74 bits per heavy atom. The van der Waals surface area contributed by atoms with Gasteiger partial charge in [0.15, 0.2) is 0 Å². The van der Waals surface area contributed by atoms with Gasteiger partial charge >= 0.3 is 0 Å². The van der Waals surface area contributed by atoms with Crippen LogP contribution >= 0.6 is 0 Å². The number of carbonyl (C=O) groups is 2. The summed E-state index contributed by atoms with van der Waals surface area (Å²) in [5.74, 6) is 0.996. The molecule has 27 heavy (non-hydrogen) atoms. The third-order valence-corrected chi connectivity index (χ3v) is 6.88. The molecule has 154 valence electrons. The third kappa shape index (κ3) is 6.00. The van der Waals surface area contributed by atoms with E-state index < -0.39 is 0 Å². The van der Waals surface area contributed by atoms with Crippen molar-refractivity contribution in [2.75, 3.05) is 72.5 Å². The molecule has 0 unspecified atom stereocenters. The highest BCUT2D eigenvalue weighted by atomic mass is 16.2. The van der Waals surface area contributed by atoms with Crippen LogP contribution in [0, 0.1) is 11.8 Å². The summed E-state index contributed by atoms with van der Waals surface area (Å²) in [4.78, 5) is 33.9. The molecule has 1 saturated carbocycles. The second-order valence-electron chi connectivity index (χ2n) is 8.82. The molecular formula is C21H38N4O2. The predicted octanol–water partition coefficient (Wildman–Crippen LogP) is 1.16. The first-order valence-corrected chi connectivity index (χ1v) is 11.0. The molecule has 0 spiro atoms. The van der Waals surface area contributed by atoms with Crippen LogP contribution in [0.5, 0.6) is 0 Å². The summed E-state index contributed by atoms with van der Waals surface area (Å²) in [7, 11) is 2.20. The highest BCUT2D eigenvalue weighted by molar-refractivity contribution is 5.81. The van der Waals surface area contributed by atoms with Crippen LogP contribution in [0.1, 0.15) is 39.0 Å². The Bertz CT molecular complexity index is 488. The van der Waals surface area contributed by atoms with E-state index in [1.54, 1.807) is 6.92 Å². The van der Waals surface area contributed by atoms with Crippen molar-refractivity contribution < 1.29 is 9.59 Å². The molecular weight excluding hydrogens is 340 g/mol. The van der Waals surface area contributed by atoms with Crippen molar-refractivity contribution in [3.63, 3.8) is 0 Å². The van der Waals surface area contributed by atoms with Crippen LogP contribution in [-0.4, -0.2) is 104 Å². The normalized spacial score (nSPS) is 29.0. The Morgan fingerprint density at radius 1 is 0.741 bits per heavy atom. The minimum atomic E-state index is 0.157. The van der Waals surface area contributed by atoms with Crippen LogP contribution in [0.4, 0.5) is 0 Å². The molecule has 1 aliphatic carbocycles. The Hall–Kier alpha value is -0.980. The first kappa shape index (κ1) is 20.7. The SMILES string of the molecule is CC(=O)C1CCC(C(=O)N2CCN(CCCN3CCN(C)CC3)CC2)CC1. The van der Waals surface area contributed by atoms with Gasteiger partial charge in [-0.3, -0.25) is 14.5 Å². The van der Waals surface area contributed by atoms with Gasteiger partial charge in [-0.1, -0.05) is 0 Å². The standard InChI is InChI=1S/C21H38N4O2/c1-18(26)19-4-6-20(7-5-19)21(27)25-16-14-24(15-17-25)9-3-8-23-12-10-22(2)11-13-23/h19-20H,3-17H2,1-2H3. The lowest BCUT2D eigenvalue weighted by Crippen LogP contribution is -2.51. The van der Waals surface area contributed by atoms with Crippen molar-refractivity contribution in [3.05, 3.63) is 0 Å². The highest BCUT2D eigenvalue weighted by Crippen LogP contribution is 2.30. The Morgan fingerprint density at radius 2 is 1.22 bits per heavy atom. The van der Waals surface area contributed by atoms with E-state index in [1.165, 1.54) is 39.1 Å². The van der Waals surface area contributed by atoms with Crippen molar-refractivity contribution in [2.45, 2.75) is 39.0 Å². The molecule has 0 N–H and O–H groups in total. The van der Waals surface area contributed by atoms with Crippen molar-refractivity contribution in [1.29, 1.82) is 0 Å². The molecule has 3 aliphatic rings. The van der Waals surface area contributed by atoms with Crippen molar-refractivity contribution in [1.82, 2.24) is 19.6 Å². The number of rotatable bonds is 6. The fourth-order valence-electron chi connectivity index (χ4n) is 4.79. The van der Waals surface area contributed by atoms with Gasteiger partial charge in [0.2, 0.25) is 5.91 Å². The zero-order chi connectivity index (χ0) is 19.2. The maximum atomic E-state index is 12.8. The van der Waals surface area contributed by atoms with Gasteiger partial charge in [-0.15, -0.1) is 0 Å². The second kappa shape index (κ2) is 9.99. The van der Waals surface area contributed by atoms with Crippen LogP contribution in [-0.2, 0) is 9.59 Å². The molecule has 3 rings (SSSR count). The second-order valence-corrected chi connectivity index (χ2v) is 8.82. The van der Waals surface area contributed by atoms with Gasteiger partial charge in [-0.25, -0.2) is 0 Å². The largest absolute Gasteiger partial charge is 0.340 e. The number of nitrogens with zero attached hydrogens (tertiary/aromatic N) is 4. The molecule has 0 aromatic heterocycles. The van der Waals surface area contributed by atoms with E-state index in [1.807, 2.05) is 0 Å². The van der Waals surface area contributed by atoms with Gasteiger partial charge in [0.05, 0.1) is 0 Å². The maximum absolute atomic E-state index is 12.8. The fourth-order valence-corrected chi connectivity index (χ4v) is 4.79. The van der Waals surface area contributed by atoms with E-state index >= 15 is 0 Å². The first-order chi connectivity index (χ1) is 13.0. The zero-order valence-corrected chi connectivity index (χ0v) is 17.4. The van der Waals surface area contributed by atoms with Crippen LogP contribution in [0.25, 0.3) is 0 Å². The molecule has 2 aliphatic heterocycles. The van der Waals surface area contributed by atoms with Gasteiger partial charge < -0.3 is 14.7 Å². The average molecular weight is 379 g/mol. The fraction of sp³-hybridized carbons (Fsp3) is 0.905. The number of hydrogen-bond acceptors (Lipinski definition) is 5. The van der Waals surface area contributed by atoms with E-state index in [9.17, 15) is 9.59 Å². The third-order valence-electron chi connectivity index (χ3n) is 6.88. The summed E-state index contributed by atoms with van der Waals surface area (Å²) in [6.07, 6.45) is 4.82. The summed E-state index contributed by atoms with van der Waals surface area (Å²) in [5, 5.41) is 0. The number of ketones is 1. The van der Waals surface area contributed by atoms with Gasteiger partial charge in [-0.2, -0.15) is 0 Å². The molecule has 2 saturated heterocycles. The number of Topliss-reactive ketones (excluding diaryl/α,β-unsaturated/α-hetero) is 1. The molecule has 3 fully saturated rings. The number of hydrogen-bond donors (Lipinski definition) is 0. The maximum Gasteiger partial charge on any atom is 0.225 e. The van der Waals surface area contributed by atoms with Gasteiger partial charge in [0.1, 0.15) is 5.78 Å². The highest BCUT2D eigenvalue weighted by Gasteiger charge is 2.32. The number of amides is 1. The molecule has 0 atom stereocenters. The van der Waals surface area contributed by atoms with E-state index in [0.717, 1.165) is 58.4 Å². The first-order valence-electron chi connectivity index (χ1n) is 11.0. The van der Waals surface area contributed by atoms with E-state index in [0.29, 0.717) is 11.7 Å². The summed E-state index contributed by atoms with van der Waals surface area (Å²) in [6, 6.07) is 0. The molecule has 0 aromatic carbocycles. The quantitative estimate of drug-likeness (QED) is 0.694. The lowest BCUT2D eigenvalue weighted by Gasteiger charge is -2.38.